The summed E-state index contributed by atoms with van der Waals surface area (Å²) < 4.78 is 0. The Morgan fingerprint density at radius 2 is 1.07 bits per heavy atom. The van der Waals surface area contributed by atoms with Gasteiger partial charge in [-0.15, -0.1) is 26.3 Å². The Kier molecular flexibility index (Phi) is 25.0. The van der Waals surface area contributed by atoms with Gasteiger partial charge in [0, 0.05) is 0 Å². The van der Waals surface area contributed by atoms with E-state index in [0.717, 1.165) is 11.8 Å². The van der Waals surface area contributed by atoms with Crippen molar-refractivity contribution in [2.24, 2.45) is 11.8 Å². The quantitative estimate of drug-likeness (QED) is 0.453. The zero-order valence-electron chi connectivity index (χ0n) is 10.8. The molecule has 0 amide bonds. The zero-order chi connectivity index (χ0) is 12.0. The van der Waals surface area contributed by atoms with E-state index in [2.05, 4.69) is 40.2 Å². The first-order chi connectivity index (χ1) is 6.79. The highest BCUT2D eigenvalue weighted by Gasteiger charge is 2.13. The lowest BCUT2D eigenvalue weighted by molar-refractivity contribution is 0.301. The van der Waals surface area contributed by atoms with Crippen LogP contribution in [0.5, 0.6) is 0 Å². The van der Waals surface area contributed by atoms with Crippen LogP contribution in [0.15, 0.2) is 26.3 Å². The van der Waals surface area contributed by atoms with Gasteiger partial charge in [-0.2, -0.15) is 0 Å². The molecule has 0 spiro atoms. The molecule has 0 radical (unpaired) electrons. The first-order valence-electron chi connectivity index (χ1n) is 5.79. The molecule has 0 heterocycles. The van der Waals surface area contributed by atoms with E-state index in [1.54, 1.807) is 0 Å². The Bertz CT molecular complexity index is 76.0. The maximum Gasteiger partial charge on any atom is -0.0440 e. The molecule has 0 aromatic heterocycles. The van der Waals surface area contributed by atoms with Gasteiger partial charge in [-0.05, 0) is 18.3 Å². The third-order valence-electron chi connectivity index (χ3n) is 2.20. The molecule has 1 aliphatic rings. The van der Waals surface area contributed by atoms with Crippen molar-refractivity contribution in [2.45, 2.75) is 53.4 Å². The van der Waals surface area contributed by atoms with Crippen LogP contribution in [0.4, 0.5) is 0 Å². The van der Waals surface area contributed by atoms with Gasteiger partial charge in [0.2, 0.25) is 0 Å². The molecule has 2 unspecified atom stereocenters. The van der Waals surface area contributed by atoms with Crippen LogP contribution >= 0.6 is 0 Å². The van der Waals surface area contributed by atoms with Gasteiger partial charge >= 0.3 is 0 Å². The predicted molar refractivity (Wildman–Crippen MR) is 70.7 cm³/mol. The molecule has 1 rings (SSSR count). The van der Waals surface area contributed by atoms with E-state index < -0.39 is 0 Å². The van der Waals surface area contributed by atoms with Gasteiger partial charge in [0.15, 0.2) is 0 Å². The molecule has 0 nitrogen and oxygen atoms in total. The van der Waals surface area contributed by atoms with Crippen molar-refractivity contribution in [1.82, 2.24) is 0 Å². The van der Waals surface area contributed by atoms with Crippen molar-refractivity contribution in [3.63, 3.8) is 0 Å². The van der Waals surface area contributed by atoms with E-state index in [0.29, 0.717) is 0 Å². The van der Waals surface area contributed by atoms with Crippen LogP contribution < -0.4 is 0 Å². The summed E-state index contributed by atoms with van der Waals surface area (Å²) in [6, 6.07) is 0. The third kappa shape index (κ3) is 14.0. The fraction of sp³-hybridized carbons (Fsp3) is 0.714. The normalized spacial score (nSPS) is 23.7. The minimum Gasteiger partial charge on any atom is -0.106 e. The first kappa shape index (κ1) is 19.1. The Morgan fingerprint density at radius 1 is 0.786 bits per heavy atom. The highest BCUT2D eigenvalue weighted by molar-refractivity contribution is 4.66. The highest BCUT2D eigenvalue weighted by Crippen LogP contribution is 2.27. The van der Waals surface area contributed by atoms with Crippen molar-refractivity contribution < 1.29 is 0 Å². The van der Waals surface area contributed by atoms with Gasteiger partial charge in [0.25, 0.3) is 0 Å². The Labute approximate surface area is 92.1 Å². The molecule has 86 valence electrons. The monoisotopic (exact) mass is 198 g/mol. The van der Waals surface area contributed by atoms with Crippen LogP contribution in [0.1, 0.15) is 53.4 Å². The average molecular weight is 198 g/mol. The smallest absolute Gasteiger partial charge is 0.0440 e. The average Bonchev–Trinajstić information content (AvgIpc) is 2.26. The van der Waals surface area contributed by atoms with Gasteiger partial charge in [-0.25, -0.2) is 0 Å². The number of hydrogen-bond donors (Lipinski definition) is 0. The van der Waals surface area contributed by atoms with Crippen molar-refractivity contribution in [3.8, 4) is 0 Å². The Morgan fingerprint density at radius 3 is 1.21 bits per heavy atom. The summed E-state index contributed by atoms with van der Waals surface area (Å²) in [7, 11) is 0. The summed E-state index contributed by atoms with van der Waals surface area (Å²) in [4.78, 5) is 0. The lowest BCUT2D eigenvalue weighted by Gasteiger charge is -2.22. The van der Waals surface area contributed by atoms with Crippen LogP contribution in [0, 0.1) is 11.8 Å². The van der Waals surface area contributed by atoms with E-state index in [4.69, 9.17) is 0 Å². The van der Waals surface area contributed by atoms with Crippen molar-refractivity contribution >= 4 is 0 Å². The van der Waals surface area contributed by atoms with E-state index >= 15 is 0 Å². The molecular weight excluding hydrogens is 168 g/mol. The van der Waals surface area contributed by atoms with Crippen LogP contribution in [-0.2, 0) is 0 Å². The topological polar surface area (TPSA) is 0 Å². The summed E-state index contributed by atoms with van der Waals surface area (Å²) in [5, 5.41) is 0. The molecule has 0 bridgehead atoms. The van der Waals surface area contributed by atoms with Gasteiger partial charge in [-0.1, -0.05) is 47.0 Å². The van der Waals surface area contributed by atoms with Gasteiger partial charge in [-0.3, -0.25) is 0 Å². The van der Waals surface area contributed by atoms with E-state index in [1.165, 1.54) is 25.7 Å². The van der Waals surface area contributed by atoms with E-state index in [-0.39, 0.29) is 0 Å². The molecule has 1 fully saturated rings. The second-order valence-electron chi connectivity index (χ2n) is 3.38. The second-order valence-corrected chi connectivity index (χ2v) is 3.38. The molecular formula is C14H30. The van der Waals surface area contributed by atoms with Crippen LogP contribution in [0.25, 0.3) is 0 Å². The molecule has 2 atom stereocenters. The van der Waals surface area contributed by atoms with E-state index in [1.807, 2.05) is 13.8 Å². The van der Waals surface area contributed by atoms with Crippen molar-refractivity contribution in [3.05, 3.63) is 26.3 Å². The summed E-state index contributed by atoms with van der Waals surface area (Å²) in [6.45, 7) is 20.7. The van der Waals surface area contributed by atoms with Crippen molar-refractivity contribution in [2.75, 3.05) is 0 Å². The first-order valence-corrected chi connectivity index (χ1v) is 5.79. The summed E-state index contributed by atoms with van der Waals surface area (Å²) in [5.74, 6) is 2.03. The number of hydrogen-bond acceptors (Lipinski definition) is 0. The maximum absolute atomic E-state index is 3.00. The summed E-state index contributed by atoms with van der Waals surface area (Å²) in [5.41, 5.74) is 0. The molecule has 1 saturated carbocycles. The third-order valence-corrected chi connectivity index (χ3v) is 2.20. The van der Waals surface area contributed by atoms with Crippen molar-refractivity contribution in [1.29, 1.82) is 0 Å². The van der Waals surface area contributed by atoms with Gasteiger partial charge in [0.1, 0.15) is 0 Å². The van der Waals surface area contributed by atoms with Gasteiger partial charge < -0.3 is 0 Å². The Hall–Kier alpha value is -0.520. The fourth-order valence-electron chi connectivity index (χ4n) is 1.74. The molecule has 0 aromatic carbocycles. The molecule has 0 aromatic rings. The van der Waals surface area contributed by atoms with Crippen LogP contribution in [-0.4, -0.2) is 0 Å². The fourth-order valence-corrected chi connectivity index (χ4v) is 1.74. The molecule has 0 saturated heterocycles. The van der Waals surface area contributed by atoms with E-state index in [9.17, 15) is 0 Å². The molecule has 14 heavy (non-hydrogen) atoms. The minimum absolute atomic E-state index is 1.01. The SMILES string of the molecule is C=C.C=C.CC.CC1CCCC(C)C1. The predicted octanol–water partition coefficient (Wildman–Crippen LogP) is 5.46. The lowest BCUT2D eigenvalue weighted by atomic mass is 9.84. The summed E-state index contributed by atoms with van der Waals surface area (Å²) >= 11 is 0. The lowest BCUT2D eigenvalue weighted by Crippen LogP contribution is -2.09. The van der Waals surface area contributed by atoms with Crippen LogP contribution in [0.2, 0.25) is 0 Å². The molecule has 1 aliphatic carbocycles. The second kappa shape index (κ2) is 18.3. The summed E-state index contributed by atoms with van der Waals surface area (Å²) in [6.07, 6.45) is 5.90. The highest BCUT2D eigenvalue weighted by atomic mass is 14.2. The number of rotatable bonds is 0. The van der Waals surface area contributed by atoms with Gasteiger partial charge in [0.05, 0.1) is 0 Å². The zero-order valence-corrected chi connectivity index (χ0v) is 10.8. The Balaban J connectivity index is -0.000000174. The van der Waals surface area contributed by atoms with Crippen LogP contribution in [0.3, 0.4) is 0 Å². The standard InChI is InChI=1S/C8H16.C2H6.2C2H4/c1-7-4-3-5-8(2)6-7;3*1-2/h7-8H,3-6H2,1-2H3;1-2H3;2*1-2H2. The molecule has 0 N–H and O–H groups in total. The maximum atomic E-state index is 3.00. The molecule has 0 aliphatic heterocycles. The minimum atomic E-state index is 1.01. The largest absolute Gasteiger partial charge is 0.106 e. The molecule has 0 heteroatoms.